The number of rotatable bonds is 40. The number of ether oxygens (including phenoxy) is 3. The van der Waals surface area contributed by atoms with Crippen LogP contribution in [0.5, 0.6) is 0 Å². The Morgan fingerprint density at radius 1 is 0.633 bits per heavy atom. The summed E-state index contributed by atoms with van der Waals surface area (Å²) in [5.74, 6) is -1.46. The van der Waals surface area contributed by atoms with Crippen LogP contribution in [0.1, 0.15) is 168 Å². The van der Waals surface area contributed by atoms with E-state index in [0.717, 1.165) is 68.9 Å². The number of pyridine rings is 1. The molecule has 34 nitrogen and oxygen atoms in total. The highest BCUT2D eigenvalue weighted by atomic mass is 32.2. The van der Waals surface area contributed by atoms with Crippen molar-refractivity contribution in [3.8, 4) is 0 Å². The van der Waals surface area contributed by atoms with Crippen LogP contribution in [0.2, 0.25) is 0 Å². The summed E-state index contributed by atoms with van der Waals surface area (Å²) in [6.45, 7) is 19.7. The number of alkyl carbamates (subject to hydrolysis) is 2. The van der Waals surface area contributed by atoms with Gasteiger partial charge >= 0.3 is 18.2 Å². The topological polar surface area (TPSA) is 498 Å². The van der Waals surface area contributed by atoms with E-state index in [9.17, 15) is 70.5 Å². The van der Waals surface area contributed by atoms with Gasteiger partial charge in [-0.1, -0.05) is 206 Å². The molecule has 15 N–H and O–H groups in total. The number of fused-ring (bicyclic) bond motifs is 2. The summed E-state index contributed by atoms with van der Waals surface area (Å²) < 4.78 is 70.0. The smallest absolute Gasteiger partial charge is 0.407 e. The number of aromatic nitrogens is 3. The van der Waals surface area contributed by atoms with Gasteiger partial charge < -0.3 is 83.1 Å². The Morgan fingerprint density at radius 3 is 1.73 bits per heavy atom. The quantitative estimate of drug-likeness (QED) is 0.0125. The molecule has 3 aliphatic rings. The van der Waals surface area contributed by atoms with Gasteiger partial charge in [0.05, 0.1) is 106 Å². The fourth-order valence-corrected chi connectivity index (χ4v) is 19.5. The van der Waals surface area contributed by atoms with Gasteiger partial charge in [0.2, 0.25) is 33.7 Å². The maximum Gasteiger partial charge on any atom is 0.407 e. The number of likely N-dealkylation sites (tertiary alicyclic amines) is 1. The first-order chi connectivity index (χ1) is 66.0. The van der Waals surface area contributed by atoms with Crippen molar-refractivity contribution in [1.82, 2.24) is 66.3 Å². The van der Waals surface area contributed by atoms with E-state index >= 15 is 0 Å². The number of aliphatic hydroxyl groups is 3. The van der Waals surface area contributed by atoms with E-state index in [1.807, 2.05) is 193 Å². The molecule has 0 unspecified atom stereocenters. The largest absolute Gasteiger partial charge is 0.444 e. The number of hydrogen-bond acceptors (Lipinski definition) is 25. The maximum absolute atomic E-state index is 13.9. The van der Waals surface area contributed by atoms with Crippen molar-refractivity contribution in [2.75, 3.05) is 58.4 Å². The average Bonchev–Trinajstić information content (AvgIpc) is 1.63. The number of carbonyl (C=O) groups is 8. The highest BCUT2D eigenvalue weighted by molar-refractivity contribution is 7.89. The summed E-state index contributed by atoms with van der Waals surface area (Å²) in [6, 6.07) is 49.0. The van der Waals surface area contributed by atoms with Crippen molar-refractivity contribution in [3.05, 3.63) is 243 Å². The second-order valence-electron chi connectivity index (χ2n) is 37.7. The van der Waals surface area contributed by atoms with Crippen molar-refractivity contribution in [2.24, 2.45) is 29.4 Å². The fourth-order valence-electron chi connectivity index (χ4n) is 16.5. The lowest BCUT2D eigenvalue weighted by Crippen LogP contribution is -2.61. The molecule has 9 amide bonds. The van der Waals surface area contributed by atoms with Crippen LogP contribution in [0.4, 0.5) is 20.1 Å². The molecule has 3 aromatic heterocycles. The van der Waals surface area contributed by atoms with Crippen LogP contribution in [0, 0.1) is 23.7 Å². The van der Waals surface area contributed by atoms with Gasteiger partial charge in [0.15, 0.2) is 0 Å². The molecule has 754 valence electrons. The van der Waals surface area contributed by atoms with E-state index in [2.05, 4.69) is 70.9 Å². The SMILES string of the molecule is CC(C)(C)NC(=O)[C@@H]1C[C@@H]2CCCC[C@@H]2CN1C[C@@H](O)[C@H](Cc1ccccc1)NC(=O)[C@H](CC(N)=O)NC(=O)c1ccc2ccccc2n1.CC(C)CN(C[C@@H](O)[C@H](Cc1ccccc1)NC(=O)O[C@H]1CCOC1)S(=O)(=O)c1ccc(N)cc1.CC(C)c1nc(CN(C)C(=O)N[C@H](C(=O)N[C@@H](Cc2ccccc2)C[C@H](O)[C@H](Cc2ccccc2)NC(=O)OCc2cncs2)C(C)C)cs1.CS(=O)(=O)O. The summed E-state index contributed by atoms with van der Waals surface area (Å²) in [5.41, 5.74) is 18.1. The molecular weight excluding hydrogens is 1860 g/mol. The third-order valence-electron chi connectivity index (χ3n) is 23.5. The lowest BCUT2D eigenvalue weighted by atomic mass is 9.72. The Bertz CT molecular complexity index is 5590. The van der Waals surface area contributed by atoms with E-state index < -0.39 is 123 Å². The number of aliphatic hydroxyl groups excluding tert-OH is 3. The summed E-state index contributed by atoms with van der Waals surface area (Å²) in [6.07, 6.45) is 4.30. The molecule has 3 fully saturated rings. The Balaban J connectivity index is 0.000000231. The Labute approximate surface area is 823 Å². The van der Waals surface area contributed by atoms with Crippen LogP contribution in [0.15, 0.2) is 204 Å². The van der Waals surface area contributed by atoms with Gasteiger partial charge in [0, 0.05) is 79.8 Å². The average molecular weight is 1990 g/mol. The van der Waals surface area contributed by atoms with Crippen LogP contribution in [0.3, 0.4) is 0 Å². The number of anilines is 1. The molecule has 2 aliphatic heterocycles. The van der Waals surface area contributed by atoms with Gasteiger partial charge in [-0.15, -0.1) is 22.7 Å². The summed E-state index contributed by atoms with van der Waals surface area (Å²) in [5, 5.41) is 58.8. The number of nitrogens with one attached hydrogen (secondary N) is 7. The highest BCUT2D eigenvalue weighted by Crippen LogP contribution is 2.39. The number of sulfonamides is 1. The number of hydrogen-bond donors (Lipinski definition) is 13. The molecule has 6 aromatic carbocycles. The van der Waals surface area contributed by atoms with Gasteiger partial charge in [-0.25, -0.2) is 32.8 Å². The van der Waals surface area contributed by atoms with Crippen molar-refractivity contribution >= 4 is 107 Å². The van der Waals surface area contributed by atoms with E-state index in [-0.39, 0.29) is 85.5 Å². The number of piperidine rings is 1. The second-order valence-corrected chi connectivity index (χ2v) is 42.9. The zero-order chi connectivity index (χ0) is 101. The van der Waals surface area contributed by atoms with E-state index in [1.165, 1.54) is 51.2 Å². The third-order valence-corrected chi connectivity index (χ3v) is 27.3. The minimum absolute atomic E-state index is 0.0126. The van der Waals surface area contributed by atoms with Gasteiger partial charge in [0.1, 0.15) is 30.5 Å². The molecule has 12 rings (SSSR count). The Hall–Kier alpha value is -11.4. The van der Waals surface area contributed by atoms with Crippen molar-refractivity contribution in [3.63, 3.8) is 0 Å². The number of β-amino-alcohol motifs (C(OH)–C–C–N with tert-alkyl or cyclic N) is 1. The van der Waals surface area contributed by atoms with Crippen LogP contribution in [-0.2, 0) is 92.4 Å². The first-order valence-electron chi connectivity index (χ1n) is 46.9. The Morgan fingerprint density at radius 2 is 1.19 bits per heavy atom. The van der Waals surface area contributed by atoms with Gasteiger partial charge in [-0.2, -0.15) is 12.7 Å². The van der Waals surface area contributed by atoms with Crippen LogP contribution >= 0.6 is 22.7 Å². The monoisotopic (exact) mass is 1990 g/mol. The summed E-state index contributed by atoms with van der Waals surface area (Å²) >= 11 is 2.95. The molecule has 1 saturated carbocycles. The zero-order valence-corrected chi connectivity index (χ0v) is 84.1. The number of urea groups is 1. The van der Waals surface area contributed by atoms with Gasteiger partial charge in [-0.3, -0.25) is 38.4 Å². The summed E-state index contributed by atoms with van der Waals surface area (Å²) in [4.78, 5) is 123. The minimum Gasteiger partial charge on any atom is -0.444 e. The number of nitrogens with zero attached hydrogens (tertiary/aromatic N) is 6. The van der Waals surface area contributed by atoms with Gasteiger partial charge in [0.25, 0.3) is 16.0 Å². The predicted octanol–water partition coefficient (Wildman–Crippen LogP) is 10.9. The molecule has 5 heterocycles. The highest BCUT2D eigenvalue weighted by Gasteiger charge is 2.43. The molecule has 2 saturated heterocycles. The zero-order valence-electron chi connectivity index (χ0n) is 80.8. The first-order valence-corrected chi connectivity index (χ1v) is 51.9. The van der Waals surface area contributed by atoms with E-state index in [1.54, 1.807) is 48.3 Å². The molecule has 0 spiro atoms. The third kappa shape index (κ3) is 38.3. The number of carbonyl (C=O) groups excluding carboxylic acids is 8. The number of primary amides is 1. The Kier molecular flexibility index (Phi) is 43.5. The molecule has 9 aromatic rings. The number of amides is 9. The molecule has 13 atom stereocenters. The van der Waals surface area contributed by atoms with E-state index in [0.29, 0.717) is 87.2 Å². The van der Waals surface area contributed by atoms with Crippen molar-refractivity contribution in [1.29, 1.82) is 0 Å². The van der Waals surface area contributed by atoms with Gasteiger partial charge in [-0.05, 0) is 148 Å². The first kappa shape index (κ1) is 111. The number of thiazole rings is 2. The molecular formula is C101H137N15O19S4. The number of nitrogens with two attached hydrogens (primary N) is 2. The van der Waals surface area contributed by atoms with Crippen LogP contribution in [-0.4, -0.2) is 238 Å². The maximum atomic E-state index is 13.9. The van der Waals surface area contributed by atoms with Crippen molar-refractivity contribution in [2.45, 2.75) is 236 Å². The molecule has 38 heteroatoms. The molecule has 139 heavy (non-hydrogen) atoms. The van der Waals surface area contributed by atoms with Crippen LogP contribution < -0.4 is 48.7 Å². The van der Waals surface area contributed by atoms with Crippen molar-refractivity contribution < 1.29 is 89.3 Å². The normalized spacial score (nSPS) is 17.4. The van der Waals surface area contributed by atoms with Crippen LogP contribution in [0.25, 0.3) is 10.9 Å². The molecule has 0 radical (unpaired) electrons. The fraction of sp³-hybridized carbons (Fsp3) is 0.475. The number of nitrogen functional groups attached to an aromatic ring is 1. The lowest BCUT2D eigenvalue weighted by Gasteiger charge is -2.47. The predicted molar refractivity (Wildman–Crippen MR) is 536 cm³/mol. The molecule has 0 bridgehead atoms. The number of para-hydroxylation sites is 1. The summed E-state index contributed by atoms with van der Waals surface area (Å²) in [7, 11) is -5.89. The molecule has 1 aliphatic carbocycles. The standard InChI is InChI=1S/C38H50N6O5.C37H48N6O5S2.C25H35N3O6S.CH4O3S/c1-38(2,3)43-37(49)32-20-26-14-7-8-15-27(26)22-44(32)23-33(45)30(19-24-11-5-4-6-12-24)41-36(48)31(21-34(39)46)42-35(47)29-18-17-25-13-9-10-16-28(25)40-29;1-24(2)33(42-36(46)43(5)20-29-22-49-35(40-29)25(3)4)34(45)39-28(16-26-12-8-6-9-13-26)18-32(44)31(17-27-14-10-7-11-15-27)41-37(47)48-21-30-19-38-23-50-30;1-18(2)15-28(35(31,32)22-10-8-20(26)9-11-22)16-24(29)23(14-19-6-4-3-5-7-19)27-25(30)34-21-12-13-33-17-21;1-5(2,3)4/h4-6,9-13,16-18,26-27,30-33,45H,7-8,14-15,19-23H2,1-3H3,(H2,39,46)(H,41,48)(H,42,47)(H,43,49);6-15,19,22-25,28,31-33,44H,16-18,20-21H2,1-5H3,(H,39,45)(H,41,47)(H,42,46);3-11,18,21,23-24,29H,12-17,26H2,1-2H3,(H,27,30);1H3,(H,2,3,4)/t26-,27+,30-,31-,32-,33+;28-,31-,32-,33-;21-,23-,24+;/m000./s1. The number of benzene rings is 6. The van der Waals surface area contributed by atoms with E-state index in [4.69, 9.17) is 30.2 Å². The minimum atomic E-state index is -3.90. The second kappa shape index (κ2) is 54.4. The lowest BCUT2D eigenvalue weighted by molar-refractivity contribution is -0.133.